The van der Waals surface area contributed by atoms with E-state index in [4.69, 9.17) is 0 Å². The molecule has 2 aromatic heterocycles. The van der Waals surface area contributed by atoms with Gasteiger partial charge in [0.05, 0.1) is 5.56 Å². The average Bonchev–Trinajstić information content (AvgIpc) is 3.05. The Morgan fingerprint density at radius 3 is 2.66 bits per heavy atom. The maximum Gasteiger partial charge on any atom is 0.255 e. The molecule has 1 saturated carbocycles. The highest BCUT2D eigenvalue weighted by Gasteiger charge is 2.25. The Morgan fingerprint density at radius 1 is 1.00 bits per heavy atom. The number of rotatable bonds is 5. The van der Waals surface area contributed by atoms with Gasteiger partial charge in [-0.1, -0.05) is 25.3 Å². The molecule has 0 atom stereocenters. The molecule has 1 amide bonds. The van der Waals surface area contributed by atoms with Gasteiger partial charge in [-0.2, -0.15) is 0 Å². The van der Waals surface area contributed by atoms with Crippen LogP contribution in [0.1, 0.15) is 54.4 Å². The van der Waals surface area contributed by atoms with Crippen LogP contribution in [0.4, 0.5) is 5.82 Å². The predicted molar refractivity (Wildman–Crippen MR) is 115 cm³/mol. The first-order valence-corrected chi connectivity index (χ1v) is 10.9. The number of hydrogen-bond acceptors (Lipinski definition) is 5. The smallest absolute Gasteiger partial charge is 0.255 e. The number of aromatic nitrogens is 2. The third kappa shape index (κ3) is 5.32. The van der Waals surface area contributed by atoms with Crippen molar-refractivity contribution in [3.8, 4) is 0 Å². The number of carbonyl (C=O) groups is 1. The molecule has 0 unspecified atom stereocenters. The maximum absolute atomic E-state index is 13.0. The molecule has 4 rings (SSSR count). The summed E-state index contributed by atoms with van der Waals surface area (Å²) in [4.78, 5) is 26.1. The van der Waals surface area contributed by atoms with E-state index < -0.39 is 0 Å². The van der Waals surface area contributed by atoms with Crippen molar-refractivity contribution >= 4 is 11.7 Å². The van der Waals surface area contributed by atoms with Crippen LogP contribution < -0.4 is 5.32 Å². The van der Waals surface area contributed by atoms with E-state index >= 15 is 0 Å². The van der Waals surface area contributed by atoms with Gasteiger partial charge in [0.2, 0.25) is 0 Å². The summed E-state index contributed by atoms with van der Waals surface area (Å²) in [5.41, 5.74) is 1.77. The Bertz CT molecular complexity index is 774. The molecule has 1 N–H and O–H groups in total. The fourth-order valence-corrected chi connectivity index (χ4v) is 4.45. The van der Waals surface area contributed by atoms with E-state index in [1.165, 1.54) is 32.1 Å². The Hall–Kier alpha value is -2.47. The highest BCUT2D eigenvalue weighted by molar-refractivity contribution is 5.94. The van der Waals surface area contributed by atoms with Crippen molar-refractivity contribution in [2.45, 2.75) is 51.1 Å². The zero-order chi connectivity index (χ0) is 19.9. The van der Waals surface area contributed by atoms with Crippen LogP contribution in [-0.4, -0.2) is 57.9 Å². The van der Waals surface area contributed by atoms with Crippen molar-refractivity contribution in [3.05, 3.63) is 54.0 Å². The quantitative estimate of drug-likeness (QED) is 0.841. The molecule has 6 nitrogen and oxygen atoms in total. The van der Waals surface area contributed by atoms with E-state index in [2.05, 4.69) is 20.2 Å². The number of carbonyl (C=O) groups excluding carboxylic acids is 1. The van der Waals surface area contributed by atoms with E-state index in [1.54, 1.807) is 12.4 Å². The Kier molecular flexibility index (Phi) is 6.72. The largest absolute Gasteiger partial charge is 0.366 e. The molecule has 154 valence electrons. The highest BCUT2D eigenvalue weighted by atomic mass is 16.2. The van der Waals surface area contributed by atoms with Gasteiger partial charge in [0.1, 0.15) is 5.82 Å². The molecule has 0 radical (unpaired) electrons. The van der Waals surface area contributed by atoms with Crippen LogP contribution in [0.3, 0.4) is 0 Å². The minimum atomic E-state index is 0.0989. The van der Waals surface area contributed by atoms with Crippen molar-refractivity contribution in [3.63, 3.8) is 0 Å². The van der Waals surface area contributed by atoms with Gasteiger partial charge in [-0.25, -0.2) is 4.98 Å². The first-order valence-electron chi connectivity index (χ1n) is 10.9. The Labute approximate surface area is 173 Å². The fraction of sp³-hybridized carbons (Fsp3) is 0.522. The Morgan fingerprint density at radius 2 is 1.90 bits per heavy atom. The first-order chi connectivity index (χ1) is 14.3. The number of amides is 1. The highest BCUT2D eigenvalue weighted by Crippen LogP contribution is 2.23. The van der Waals surface area contributed by atoms with Crippen molar-refractivity contribution in [2.24, 2.45) is 0 Å². The van der Waals surface area contributed by atoms with E-state index in [0.29, 0.717) is 12.1 Å². The lowest BCUT2D eigenvalue weighted by Crippen LogP contribution is -2.40. The summed E-state index contributed by atoms with van der Waals surface area (Å²) in [6, 6.07) is 8.43. The van der Waals surface area contributed by atoms with Crippen molar-refractivity contribution in [2.75, 3.05) is 31.5 Å². The fourth-order valence-electron chi connectivity index (χ4n) is 4.45. The number of pyridine rings is 2. The van der Waals surface area contributed by atoms with Crippen LogP contribution >= 0.6 is 0 Å². The lowest BCUT2D eigenvalue weighted by atomic mass is 9.94. The molecule has 1 aliphatic heterocycles. The number of nitrogens with one attached hydrogen (secondary N) is 1. The third-order valence-electron chi connectivity index (χ3n) is 6.12. The summed E-state index contributed by atoms with van der Waals surface area (Å²) in [5, 5.41) is 3.28. The van der Waals surface area contributed by atoms with Gasteiger partial charge in [0, 0.05) is 57.4 Å². The molecular weight excluding hydrogens is 362 g/mol. The number of nitrogens with zero attached hydrogens (tertiary/aromatic N) is 4. The molecule has 0 bridgehead atoms. The average molecular weight is 394 g/mol. The van der Waals surface area contributed by atoms with Crippen LogP contribution in [0.25, 0.3) is 0 Å². The molecule has 0 aromatic carbocycles. The van der Waals surface area contributed by atoms with Crippen LogP contribution in [0.5, 0.6) is 0 Å². The lowest BCUT2D eigenvalue weighted by molar-refractivity contribution is 0.0754. The van der Waals surface area contributed by atoms with Crippen molar-refractivity contribution in [1.82, 2.24) is 19.8 Å². The number of anilines is 1. The predicted octanol–water partition coefficient (Wildman–Crippen LogP) is 3.57. The molecular formula is C23H31N5O. The zero-order valence-electron chi connectivity index (χ0n) is 17.1. The summed E-state index contributed by atoms with van der Waals surface area (Å²) in [6.07, 6.45) is 13.1. The van der Waals surface area contributed by atoms with Crippen LogP contribution in [0, 0.1) is 0 Å². The van der Waals surface area contributed by atoms with Gasteiger partial charge < -0.3 is 10.2 Å². The van der Waals surface area contributed by atoms with Crippen LogP contribution in [0.15, 0.2) is 42.9 Å². The van der Waals surface area contributed by atoms with Gasteiger partial charge in [0.25, 0.3) is 5.91 Å². The molecule has 2 fully saturated rings. The normalized spacial score (nSPS) is 19.0. The third-order valence-corrected chi connectivity index (χ3v) is 6.12. The number of hydrogen-bond donors (Lipinski definition) is 1. The van der Waals surface area contributed by atoms with E-state index in [1.807, 2.05) is 35.4 Å². The van der Waals surface area contributed by atoms with Crippen molar-refractivity contribution < 1.29 is 4.79 Å². The minimum absolute atomic E-state index is 0.0989. The molecule has 2 aromatic rings. The van der Waals surface area contributed by atoms with Gasteiger partial charge in [-0.05, 0) is 43.0 Å². The van der Waals surface area contributed by atoms with E-state index in [9.17, 15) is 4.79 Å². The van der Waals surface area contributed by atoms with Gasteiger partial charge >= 0.3 is 0 Å². The molecule has 1 aliphatic carbocycles. The molecule has 0 spiro atoms. The monoisotopic (exact) mass is 393 g/mol. The summed E-state index contributed by atoms with van der Waals surface area (Å²) in [7, 11) is 0. The second-order valence-corrected chi connectivity index (χ2v) is 8.12. The van der Waals surface area contributed by atoms with Crippen LogP contribution in [0.2, 0.25) is 0 Å². The summed E-state index contributed by atoms with van der Waals surface area (Å²) in [5.74, 6) is 0.867. The standard InChI is InChI=1S/C23H31N5O/c29-23(28-13-5-12-27(14-15-28)21-7-2-1-3-8-21)20-9-10-22(26-18-20)25-17-19-6-4-11-24-16-19/h4,6,9-11,16,18,21H,1-3,5,7-8,12-15,17H2,(H,25,26). The minimum Gasteiger partial charge on any atom is -0.366 e. The molecule has 29 heavy (non-hydrogen) atoms. The second-order valence-electron chi connectivity index (χ2n) is 8.12. The maximum atomic E-state index is 13.0. The van der Waals surface area contributed by atoms with Gasteiger partial charge in [-0.3, -0.25) is 14.7 Å². The molecule has 1 saturated heterocycles. The topological polar surface area (TPSA) is 61.4 Å². The summed E-state index contributed by atoms with van der Waals surface area (Å²) in [6.45, 7) is 4.43. The lowest BCUT2D eigenvalue weighted by Gasteiger charge is -2.33. The second kappa shape index (κ2) is 9.83. The van der Waals surface area contributed by atoms with Crippen LogP contribution in [-0.2, 0) is 6.54 Å². The van der Waals surface area contributed by atoms with E-state index in [-0.39, 0.29) is 5.91 Å². The first kappa shape index (κ1) is 19.8. The summed E-state index contributed by atoms with van der Waals surface area (Å²) < 4.78 is 0. The van der Waals surface area contributed by atoms with Gasteiger partial charge in [0.15, 0.2) is 0 Å². The molecule has 3 heterocycles. The molecule has 2 aliphatic rings. The molecule has 6 heteroatoms. The Balaban J connectivity index is 1.30. The zero-order valence-corrected chi connectivity index (χ0v) is 17.1. The SMILES string of the molecule is O=C(c1ccc(NCc2cccnc2)nc1)N1CCCN(C2CCCCC2)CC1. The van der Waals surface area contributed by atoms with Crippen molar-refractivity contribution in [1.29, 1.82) is 0 Å². The summed E-state index contributed by atoms with van der Waals surface area (Å²) >= 11 is 0. The van der Waals surface area contributed by atoms with E-state index in [0.717, 1.165) is 50.0 Å². The van der Waals surface area contributed by atoms with Gasteiger partial charge in [-0.15, -0.1) is 0 Å².